The molecule has 0 aliphatic rings. The maximum Gasteiger partial charge on any atom is 0.250 e. The molecule has 0 spiro atoms. The molecule has 1 N–H and O–H groups in total. The van der Waals surface area contributed by atoms with Crippen molar-refractivity contribution in [2.75, 3.05) is 12.4 Å². The van der Waals surface area contributed by atoms with Gasteiger partial charge in [0.15, 0.2) is 11.0 Å². The Labute approximate surface area is 193 Å². The number of hydrogen-bond acceptors (Lipinski definition) is 8. The molecule has 0 fully saturated rings. The summed E-state index contributed by atoms with van der Waals surface area (Å²) in [5.41, 5.74) is 4.22. The van der Waals surface area contributed by atoms with Crippen molar-refractivity contribution in [1.29, 1.82) is 0 Å². The molecule has 4 rings (SSSR count). The molecule has 0 saturated carbocycles. The molecule has 0 saturated heterocycles. The Morgan fingerprint density at radius 3 is 2.81 bits per heavy atom. The zero-order valence-electron chi connectivity index (χ0n) is 17.2. The van der Waals surface area contributed by atoms with Crippen molar-refractivity contribution in [3.8, 4) is 22.8 Å². The second-order valence-corrected chi connectivity index (χ2v) is 8.33. The monoisotopic (exact) mass is 464 g/mol. The highest BCUT2D eigenvalue weighted by Crippen LogP contribution is 2.28. The number of thioether (sulfide) groups is 1. The zero-order valence-corrected chi connectivity index (χ0v) is 18.8. The fourth-order valence-corrected chi connectivity index (χ4v) is 4.16. The lowest BCUT2D eigenvalue weighted by Gasteiger charge is -2.11. The predicted octanol–water partition coefficient (Wildman–Crippen LogP) is 4.03. The van der Waals surface area contributed by atoms with Crippen molar-refractivity contribution < 1.29 is 9.53 Å². The number of pyridine rings is 1. The van der Waals surface area contributed by atoms with Crippen LogP contribution in [0.2, 0.25) is 0 Å². The number of hydrazone groups is 1. The molecule has 10 heteroatoms. The van der Waals surface area contributed by atoms with Gasteiger partial charge >= 0.3 is 0 Å². The summed E-state index contributed by atoms with van der Waals surface area (Å²) in [4.78, 5) is 17.4. The number of aromatic nitrogens is 4. The fraction of sp³-hybridized carbons (Fsp3) is 0.136. The van der Waals surface area contributed by atoms with E-state index in [-0.39, 0.29) is 11.7 Å². The normalized spacial score (nSPS) is 11.0. The second kappa shape index (κ2) is 10.7. The van der Waals surface area contributed by atoms with Crippen molar-refractivity contribution >= 4 is 35.2 Å². The van der Waals surface area contributed by atoms with Gasteiger partial charge in [-0.1, -0.05) is 17.8 Å². The van der Waals surface area contributed by atoms with Gasteiger partial charge in [-0.2, -0.15) is 5.10 Å². The summed E-state index contributed by atoms with van der Waals surface area (Å²) >= 11 is 2.83. The molecular formula is C22H20N6O2S2. The molecule has 1 aromatic carbocycles. The molecule has 8 nitrogen and oxygen atoms in total. The first-order valence-electron chi connectivity index (χ1n) is 9.82. The van der Waals surface area contributed by atoms with Crippen LogP contribution < -0.4 is 10.2 Å². The number of rotatable bonds is 9. The maximum absolute atomic E-state index is 12.3. The van der Waals surface area contributed by atoms with Gasteiger partial charge in [0.25, 0.3) is 5.91 Å². The van der Waals surface area contributed by atoms with Crippen LogP contribution in [0.15, 0.2) is 76.6 Å². The summed E-state index contributed by atoms with van der Waals surface area (Å²) < 4.78 is 7.45. The summed E-state index contributed by atoms with van der Waals surface area (Å²) in [6.07, 6.45) is 5.06. The van der Waals surface area contributed by atoms with Gasteiger partial charge in [-0.3, -0.25) is 14.3 Å². The Balaban J connectivity index is 1.53. The summed E-state index contributed by atoms with van der Waals surface area (Å²) in [6, 6.07) is 15.3. The Kier molecular flexibility index (Phi) is 7.26. The van der Waals surface area contributed by atoms with E-state index in [4.69, 9.17) is 4.74 Å². The van der Waals surface area contributed by atoms with Crippen LogP contribution in [0.1, 0.15) is 11.8 Å². The molecule has 0 unspecified atom stereocenters. The minimum absolute atomic E-state index is 0.143. The highest BCUT2D eigenvalue weighted by molar-refractivity contribution is 7.99. The van der Waals surface area contributed by atoms with Gasteiger partial charge in [0.05, 0.1) is 18.6 Å². The average molecular weight is 465 g/mol. The van der Waals surface area contributed by atoms with Crippen molar-refractivity contribution in [2.24, 2.45) is 5.10 Å². The zero-order chi connectivity index (χ0) is 22.2. The van der Waals surface area contributed by atoms with Gasteiger partial charge in [-0.05, 0) is 54.8 Å². The number of carbonyl (C=O) groups excluding carboxylic acids is 1. The van der Waals surface area contributed by atoms with E-state index < -0.39 is 0 Å². The van der Waals surface area contributed by atoms with Crippen molar-refractivity contribution in [3.63, 3.8) is 0 Å². The maximum atomic E-state index is 12.3. The topological polar surface area (TPSA) is 94.3 Å². The molecule has 32 heavy (non-hydrogen) atoms. The Morgan fingerprint density at radius 2 is 2.09 bits per heavy atom. The minimum Gasteiger partial charge on any atom is -0.494 e. The molecule has 0 aliphatic carbocycles. The van der Waals surface area contributed by atoms with E-state index in [0.717, 1.165) is 21.9 Å². The first-order valence-corrected chi connectivity index (χ1v) is 11.7. The quantitative estimate of drug-likeness (QED) is 0.228. The van der Waals surface area contributed by atoms with Crippen LogP contribution in [-0.4, -0.2) is 44.2 Å². The van der Waals surface area contributed by atoms with Crippen LogP contribution in [-0.2, 0) is 4.79 Å². The molecule has 0 aliphatic heterocycles. The third-order valence-corrected chi connectivity index (χ3v) is 5.95. The van der Waals surface area contributed by atoms with Gasteiger partial charge < -0.3 is 4.74 Å². The highest BCUT2D eigenvalue weighted by Gasteiger charge is 2.17. The van der Waals surface area contributed by atoms with Crippen LogP contribution >= 0.6 is 23.1 Å². The van der Waals surface area contributed by atoms with E-state index in [1.54, 1.807) is 29.9 Å². The number of ether oxygens (including phenoxy) is 1. The molecule has 3 aromatic heterocycles. The second-order valence-electron chi connectivity index (χ2n) is 6.41. The third-order valence-electron chi connectivity index (χ3n) is 4.22. The molecule has 1 amide bonds. The van der Waals surface area contributed by atoms with E-state index in [2.05, 4.69) is 25.7 Å². The SMILES string of the molecule is CCOc1ccc(-n2c(SCC(=O)N/N=C/c3cccs3)nnc2-c2cccnc2)cc1. The van der Waals surface area contributed by atoms with Gasteiger partial charge in [-0.15, -0.1) is 21.5 Å². The first kappa shape index (κ1) is 21.7. The number of thiophene rings is 1. The molecule has 162 valence electrons. The van der Waals surface area contributed by atoms with Gasteiger partial charge in [-0.25, -0.2) is 5.43 Å². The summed E-state index contributed by atoms with van der Waals surface area (Å²) in [7, 11) is 0. The molecule has 3 heterocycles. The lowest BCUT2D eigenvalue weighted by Crippen LogP contribution is -2.19. The Bertz CT molecular complexity index is 1180. The number of hydrogen-bond donors (Lipinski definition) is 1. The number of benzene rings is 1. The largest absolute Gasteiger partial charge is 0.494 e. The first-order chi connectivity index (χ1) is 15.7. The molecule has 4 aromatic rings. The molecule has 0 radical (unpaired) electrons. The predicted molar refractivity (Wildman–Crippen MR) is 127 cm³/mol. The van der Waals surface area contributed by atoms with E-state index in [0.29, 0.717) is 17.6 Å². The number of amides is 1. The van der Waals surface area contributed by atoms with E-state index in [1.807, 2.05) is 65.4 Å². The lowest BCUT2D eigenvalue weighted by molar-refractivity contribution is -0.118. The Hall–Kier alpha value is -3.50. The minimum atomic E-state index is -0.230. The fourth-order valence-electron chi connectivity index (χ4n) is 2.83. The van der Waals surface area contributed by atoms with Crippen LogP contribution in [0.4, 0.5) is 0 Å². The van der Waals surface area contributed by atoms with Crippen LogP contribution in [0, 0.1) is 0 Å². The van der Waals surface area contributed by atoms with Crippen molar-refractivity contribution in [1.82, 2.24) is 25.2 Å². The summed E-state index contributed by atoms with van der Waals surface area (Å²) in [5, 5.41) is 15.2. The van der Waals surface area contributed by atoms with Crippen molar-refractivity contribution in [3.05, 3.63) is 71.2 Å². The van der Waals surface area contributed by atoms with Gasteiger partial charge in [0.1, 0.15) is 5.75 Å². The molecular weight excluding hydrogens is 444 g/mol. The van der Waals surface area contributed by atoms with Crippen molar-refractivity contribution in [2.45, 2.75) is 12.1 Å². The van der Waals surface area contributed by atoms with E-state index in [9.17, 15) is 4.79 Å². The van der Waals surface area contributed by atoms with Crippen LogP contribution in [0.5, 0.6) is 5.75 Å². The third kappa shape index (κ3) is 5.40. The van der Waals surface area contributed by atoms with Crippen LogP contribution in [0.3, 0.4) is 0 Å². The number of nitrogens with zero attached hydrogens (tertiary/aromatic N) is 5. The van der Waals surface area contributed by atoms with E-state index in [1.165, 1.54) is 11.8 Å². The van der Waals surface area contributed by atoms with Crippen LogP contribution in [0.25, 0.3) is 17.1 Å². The van der Waals surface area contributed by atoms with E-state index >= 15 is 0 Å². The smallest absolute Gasteiger partial charge is 0.250 e. The molecule has 0 bridgehead atoms. The molecule has 0 atom stereocenters. The summed E-state index contributed by atoms with van der Waals surface area (Å²) in [6.45, 7) is 2.54. The highest BCUT2D eigenvalue weighted by atomic mass is 32.2. The average Bonchev–Trinajstić information content (AvgIpc) is 3.49. The van der Waals surface area contributed by atoms with Gasteiger partial charge in [0.2, 0.25) is 0 Å². The number of nitrogens with one attached hydrogen (secondary N) is 1. The number of carbonyl (C=O) groups is 1. The summed E-state index contributed by atoms with van der Waals surface area (Å²) in [5.74, 6) is 1.33. The standard InChI is InChI=1S/C22H20N6O2S2/c1-2-30-18-9-7-17(8-10-18)28-21(16-5-3-11-23-13-16)26-27-22(28)32-15-20(29)25-24-14-19-6-4-12-31-19/h3-14H,2,15H2,1H3,(H,25,29)/b24-14+. The Morgan fingerprint density at radius 1 is 1.22 bits per heavy atom. The van der Waals surface area contributed by atoms with Gasteiger partial charge in [0, 0.05) is 28.5 Å². The lowest BCUT2D eigenvalue weighted by atomic mass is 10.2.